The quantitative estimate of drug-likeness (QED) is 0.645. The predicted octanol–water partition coefficient (Wildman–Crippen LogP) is 1.54. The molecule has 1 aliphatic heterocycles. The lowest BCUT2D eigenvalue weighted by Gasteiger charge is -2.27. The maximum absolute atomic E-state index is 13.5. The van der Waals surface area contributed by atoms with Crippen molar-refractivity contribution in [3.8, 4) is 0 Å². The number of fused-ring (bicyclic) bond motifs is 3. The number of carbonyl (C=O) groups excluding carboxylic acids is 1. The number of nitrogens with zero attached hydrogens (tertiary/aromatic N) is 5. The minimum atomic E-state index is -2.79. The van der Waals surface area contributed by atoms with Crippen molar-refractivity contribution >= 4 is 28.5 Å². The van der Waals surface area contributed by atoms with E-state index in [1.165, 1.54) is 4.90 Å². The van der Waals surface area contributed by atoms with Gasteiger partial charge < -0.3 is 20.0 Å². The zero-order valence-electron chi connectivity index (χ0n) is 15.2. The molecule has 28 heavy (non-hydrogen) atoms. The number of H-pyrrole nitrogens is 1. The Hall–Kier alpha value is -2.75. The fraction of sp³-hybridized carbons (Fsp3) is 0.500. The molecule has 3 aromatic rings. The first-order chi connectivity index (χ1) is 13.4. The molecule has 2 N–H and O–H groups in total. The molecule has 3 aromatic heterocycles. The molecular weight excluding hydrogens is 370 g/mol. The average molecular weight is 390 g/mol. The lowest BCUT2D eigenvalue weighted by atomic mass is 10.2. The first-order valence-electron chi connectivity index (χ1n) is 9.29. The van der Waals surface area contributed by atoms with E-state index in [9.17, 15) is 18.7 Å². The zero-order valence-corrected chi connectivity index (χ0v) is 15.2. The van der Waals surface area contributed by atoms with Crippen LogP contribution < -0.4 is 5.01 Å². The lowest BCUT2D eigenvalue weighted by molar-refractivity contribution is -0.122. The Morgan fingerprint density at radius 3 is 2.96 bits per heavy atom. The van der Waals surface area contributed by atoms with Crippen LogP contribution >= 0.6 is 0 Å². The Kier molecular flexibility index (Phi) is 3.64. The van der Waals surface area contributed by atoms with Gasteiger partial charge in [0.25, 0.3) is 5.92 Å². The van der Waals surface area contributed by atoms with E-state index in [-0.39, 0.29) is 12.5 Å². The van der Waals surface area contributed by atoms with Gasteiger partial charge in [-0.3, -0.25) is 4.79 Å². The summed E-state index contributed by atoms with van der Waals surface area (Å²) in [6.45, 7) is 2.59. The molecule has 5 rings (SSSR count). The number of pyridine rings is 1. The Bertz CT molecular complexity index is 1060. The van der Waals surface area contributed by atoms with Gasteiger partial charge in [-0.15, -0.1) is 0 Å². The minimum Gasteiger partial charge on any atom is -0.385 e. The molecule has 1 amide bonds. The number of halogens is 2. The summed E-state index contributed by atoms with van der Waals surface area (Å²) < 4.78 is 28.9. The van der Waals surface area contributed by atoms with Crippen LogP contribution in [-0.4, -0.2) is 67.1 Å². The number of hydrogen-bond donors (Lipinski definition) is 2. The van der Waals surface area contributed by atoms with Gasteiger partial charge in [-0.2, -0.15) is 0 Å². The molecule has 10 heteroatoms. The fourth-order valence-electron chi connectivity index (χ4n) is 4.22. The third kappa shape index (κ3) is 2.47. The van der Waals surface area contributed by atoms with Crippen molar-refractivity contribution in [3.05, 3.63) is 24.3 Å². The Labute approximate surface area is 158 Å². The van der Waals surface area contributed by atoms with Gasteiger partial charge in [-0.1, -0.05) is 0 Å². The Balaban J connectivity index is 1.55. The summed E-state index contributed by atoms with van der Waals surface area (Å²) in [5.74, 6) is -2.33. The Morgan fingerprint density at radius 2 is 2.29 bits per heavy atom. The normalized spacial score (nSPS) is 24.8. The second-order valence-corrected chi connectivity index (χ2v) is 7.58. The zero-order chi connectivity index (χ0) is 19.6. The molecule has 8 nitrogen and oxygen atoms in total. The highest BCUT2D eigenvalue weighted by atomic mass is 19.3. The van der Waals surface area contributed by atoms with Crippen LogP contribution in [0.5, 0.6) is 0 Å². The van der Waals surface area contributed by atoms with Crippen LogP contribution in [0, 0.1) is 0 Å². The first-order valence-corrected chi connectivity index (χ1v) is 9.29. The summed E-state index contributed by atoms with van der Waals surface area (Å²) in [5.41, 5.74) is 2.15. The predicted molar refractivity (Wildman–Crippen MR) is 97.6 cm³/mol. The molecule has 0 aromatic carbocycles. The third-order valence-corrected chi connectivity index (χ3v) is 5.70. The number of imidazole rings is 1. The summed E-state index contributed by atoms with van der Waals surface area (Å²) in [5, 5.41) is 13.1. The van der Waals surface area contributed by atoms with Crippen molar-refractivity contribution in [1.82, 2.24) is 24.5 Å². The highest BCUT2D eigenvalue weighted by molar-refractivity contribution is 6.01. The van der Waals surface area contributed by atoms with E-state index in [0.717, 1.165) is 10.9 Å². The summed E-state index contributed by atoms with van der Waals surface area (Å²) in [7, 11) is 0. The monoisotopic (exact) mass is 390 g/mol. The number of nitrogens with one attached hydrogen (secondary N) is 1. The van der Waals surface area contributed by atoms with Gasteiger partial charge in [0, 0.05) is 24.5 Å². The molecule has 0 radical (unpaired) electrons. The molecule has 1 unspecified atom stereocenters. The van der Waals surface area contributed by atoms with Crippen LogP contribution in [0.1, 0.15) is 31.7 Å². The second-order valence-electron chi connectivity index (χ2n) is 7.58. The summed E-state index contributed by atoms with van der Waals surface area (Å²) in [4.78, 5) is 24.7. The van der Waals surface area contributed by atoms with Crippen LogP contribution in [0.3, 0.4) is 0 Å². The van der Waals surface area contributed by atoms with Gasteiger partial charge in [0.1, 0.15) is 28.8 Å². The summed E-state index contributed by atoms with van der Waals surface area (Å²) in [6.07, 6.45) is 3.45. The molecule has 1 aliphatic carbocycles. The van der Waals surface area contributed by atoms with Crippen LogP contribution in [0.4, 0.5) is 8.78 Å². The number of rotatable bonds is 5. The van der Waals surface area contributed by atoms with Crippen LogP contribution in [0.15, 0.2) is 18.5 Å². The van der Waals surface area contributed by atoms with E-state index >= 15 is 0 Å². The molecule has 0 spiro atoms. The maximum Gasteiger partial charge on any atom is 0.270 e. The van der Waals surface area contributed by atoms with Gasteiger partial charge in [0.2, 0.25) is 6.41 Å². The van der Waals surface area contributed by atoms with Crippen molar-refractivity contribution < 1.29 is 18.7 Å². The van der Waals surface area contributed by atoms with Gasteiger partial charge in [0.15, 0.2) is 5.82 Å². The van der Waals surface area contributed by atoms with Crippen LogP contribution in [0.25, 0.3) is 22.1 Å². The Morgan fingerprint density at radius 1 is 1.50 bits per heavy atom. The molecule has 3 atom stereocenters. The van der Waals surface area contributed by atoms with E-state index in [2.05, 4.69) is 15.0 Å². The van der Waals surface area contributed by atoms with Crippen molar-refractivity contribution in [3.63, 3.8) is 0 Å². The van der Waals surface area contributed by atoms with E-state index in [1.807, 2.05) is 15.8 Å². The minimum absolute atomic E-state index is 0.273. The second kappa shape index (κ2) is 5.87. The third-order valence-electron chi connectivity index (χ3n) is 5.70. The standard InChI is InChI=1S/C18H20F2N6O2/c1-10(28)17-23-13-7-22-16-12(2-4-21-16)15(13)26(17)24-5-3-11(8-24)25(9-27)14-6-18(14,19)20/h2,4,7,9-11,14,28H,3,5-6,8H2,1H3,(H,21,22)/t10-,11-,14?/m1/s1. The van der Waals surface area contributed by atoms with E-state index in [4.69, 9.17) is 0 Å². The number of aliphatic hydroxyl groups excluding tert-OH is 1. The van der Waals surface area contributed by atoms with Crippen molar-refractivity contribution in [2.45, 2.75) is 43.9 Å². The number of aliphatic hydroxyl groups is 1. The van der Waals surface area contributed by atoms with Crippen LogP contribution in [0.2, 0.25) is 0 Å². The van der Waals surface area contributed by atoms with Gasteiger partial charge in [-0.05, 0) is 19.4 Å². The van der Waals surface area contributed by atoms with Gasteiger partial charge in [-0.25, -0.2) is 23.4 Å². The molecular formula is C18H20F2N6O2. The molecule has 0 bridgehead atoms. The number of alkyl halides is 2. The molecule has 4 heterocycles. The number of aromatic nitrogens is 4. The molecule has 2 aliphatic rings. The number of hydrogen-bond acceptors (Lipinski definition) is 5. The van der Waals surface area contributed by atoms with Crippen molar-refractivity contribution in [2.75, 3.05) is 18.1 Å². The van der Waals surface area contributed by atoms with Crippen molar-refractivity contribution in [2.24, 2.45) is 0 Å². The van der Waals surface area contributed by atoms with Gasteiger partial charge in [0.05, 0.1) is 18.8 Å². The average Bonchev–Trinajstić information content (AvgIpc) is 3.15. The fourth-order valence-corrected chi connectivity index (χ4v) is 4.22. The smallest absolute Gasteiger partial charge is 0.270 e. The first kappa shape index (κ1) is 17.4. The topological polar surface area (TPSA) is 90.3 Å². The number of aromatic amines is 1. The lowest BCUT2D eigenvalue weighted by Crippen LogP contribution is -2.42. The highest BCUT2D eigenvalue weighted by Crippen LogP contribution is 2.46. The molecule has 1 saturated carbocycles. The van der Waals surface area contributed by atoms with Crippen LogP contribution in [-0.2, 0) is 4.79 Å². The SMILES string of the molecule is C[C@@H](O)c1nc2cnc3[nH]ccc3c2n1N1CC[C@@H](N(C=O)C2CC2(F)F)C1. The van der Waals surface area contributed by atoms with E-state index in [0.29, 0.717) is 42.9 Å². The number of amides is 1. The molecule has 148 valence electrons. The van der Waals surface area contributed by atoms with E-state index < -0.39 is 18.1 Å². The van der Waals surface area contributed by atoms with Crippen molar-refractivity contribution in [1.29, 1.82) is 0 Å². The summed E-state index contributed by atoms with van der Waals surface area (Å²) >= 11 is 0. The van der Waals surface area contributed by atoms with Gasteiger partial charge >= 0.3 is 0 Å². The number of carbonyl (C=O) groups is 1. The van der Waals surface area contributed by atoms with E-state index in [1.54, 1.807) is 19.3 Å². The molecule has 1 saturated heterocycles. The summed E-state index contributed by atoms with van der Waals surface area (Å²) in [6, 6.07) is 0.579. The molecule has 2 fully saturated rings. The maximum atomic E-state index is 13.5. The largest absolute Gasteiger partial charge is 0.385 e. The highest BCUT2D eigenvalue weighted by Gasteiger charge is 2.61.